The van der Waals surface area contributed by atoms with Crippen LogP contribution in [0.1, 0.15) is 24.0 Å². The number of benzene rings is 1. The van der Waals surface area contributed by atoms with Crippen LogP contribution in [0.15, 0.2) is 12.1 Å². The van der Waals surface area contributed by atoms with Crippen LogP contribution >= 0.6 is 0 Å². The number of nitrogens with one attached hydrogen (secondary N) is 1. The van der Waals surface area contributed by atoms with Gasteiger partial charge in [0.15, 0.2) is 23.4 Å². The number of aliphatic hydroxyl groups is 2. The van der Waals surface area contributed by atoms with Gasteiger partial charge in [0.1, 0.15) is 5.60 Å². The number of phenolic OH excluding ortho intramolecular Hbond substituents is 1. The molecule has 5 rings (SSSR count). The number of aliphatic hydroxyl groups excluding tert-OH is 1. The number of carbonyl (C=O) groups excluding carboxylic acids is 1. The smallest absolute Gasteiger partial charge is 0.177 e. The van der Waals surface area contributed by atoms with Crippen LogP contribution in [0.4, 0.5) is 0 Å². The minimum atomic E-state index is -1.45. The van der Waals surface area contributed by atoms with E-state index in [-0.39, 0.29) is 24.0 Å². The second kappa shape index (κ2) is 3.64. The summed E-state index contributed by atoms with van der Waals surface area (Å²) in [5.41, 5.74) is -0.709. The van der Waals surface area contributed by atoms with Crippen LogP contribution in [-0.2, 0) is 16.6 Å². The van der Waals surface area contributed by atoms with Crippen molar-refractivity contribution in [3.8, 4) is 11.5 Å². The summed E-state index contributed by atoms with van der Waals surface area (Å²) in [6, 6.07) is 3.08. The second-order valence-electron chi connectivity index (χ2n) is 6.89. The number of hydrogen-bond donors (Lipinski definition) is 4. The lowest BCUT2D eigenvalue weighted by Crippen LogP contribution is -2.80. The van der Waals surface area contributed by atoms with E-state index in [9.17, 15) is 20.1 Å². The third-order valence-corrected chi connectivity index (χ3v) is 6.13. The minimum absolute atomic E-state index is 0.0100. The largest absolute Gasteiger partial charge is 0.504 e. The fourth-order valence-electron chi connectivity index (χ4n) is 5.29. The van der Waals surface area contributed by atoms with E-state index >= 15 is 0 Å². The molecular weight excluding hydrogens is 286 g/mol. The molecule has 2 unspecified atom stereocenters. The van der Waals surface area contributed by atoms with E-state index < -0.39 is 23.2 Å². The molecule has 5 atom stereocenters. The summed E-state index contributed by atoms with van der Waals surface area (Å²) in [4.78, 5) is 12.5. The van der Waals surface area contributed by atoms with Crippen LogP contribution in [0.2, 0.25) is 0 Å². The monoisotopic (exact) mass is 303 g/mol. The zero-order valence-corrected chi connectivity index (χ0v) is 11.9. The van der Waals surface area contributed by atoms with Gasteiger partial charge in [-0.2, -0.15) is 0 Å². The van der Waals surface area contributed by atoms with E-state index in [4.69, 9.17) is 4.74 Å². The first-order valence-corrected chi connectivity index (χ1v) is 7.68. The molecule has 2 bridgehead atoms. The number of ether oxygens (including phenoxy) is 1. The Morgan fingerprint density at radius 1 is 1.32 bits per heavy atom. The van der Waals surface area contributed by atoms with Gasteiger partial charge in [-0.1, -0.05) is 6.07 Å². The zero-order valence-electron chi connectivity index (χ0n) is 11.9. The molecule has 2 heterocycles. The quantitative estimate of drug-likeness (QED) is 0.509. The lowest BCUT2D eigenvalue weighted by atomic mass is 9.48. The van der Waals surface area contributed by atoms with Crippen molar-refractivity contribution in [1.82, 2.24) is 5.32 Å². The Balaban J connectivity index is 1.90. The number of carbonyl (C=O) groups is 1. The first kappa shape index (κ1) is 12.9. The average molecular weight is 303 g/mol. The number of Topliss-reactive ketones (excluding diaryl/α,β-unsaturated/α-hetero) is 1. The highest BCUT2D eigenvalue weighted by atomic mass is 16.5. The third-order valence-electron chi connectivity index (χ3n) is 6.13. The molecule has 1 aromatic rings. The fraction of sp³-hybridized carbons (Fsp3) is 0.562. The summed E-state index contributed by atoms with van der Waals surface area (Å²) in [6.45, 7) is 0.640. The van der Waals surface area contributed by atoms with Gasteiger partial charge in [-0.25, -0.2) is 0 Å². The minimum Gasteiger partial charge on any atom is -0.504 e. The van der Waals surface area contributed by atoms with Gasteiger partial charge < -0.3 is 25.4 Å². The van der Waals surface area contributed by atoms with Crippen LogP contribution in [0.5, 0.6) is 11.5 Å². The highest BCUT2D eigenvalue weighted by Gasteiger charge is 2.74. The van der Waals surface area contributed by atoms with E-state index in [2.05, 4.69) is 5.32 Å². The number of ketones is 1. The van der Waals surface area contributed by atoms with Crippen molar-refractivity contribution in [1.29, 1.82) is 0 Å². The van der Waals surface area contributed by atoms with Crippen LogP contribution in [0, 0.1) is 0 Å². The third kappa shape index (κ3) is 1.09. The van der Waals surface area contributed by atoms with Gasteiger partial charge in [-0.05, 0) is 31.0 Å². The normalized spacial score (nSPS) is 44.5. The molecule has 6 nitrogen and oxygen atoms in total. The molecule has 0 amide bonds. The number of phenols is 1. The van der Waals surface area contributed by atoms with Crippen LogP contribution < -0.4 is 10.1 Å². The van der Waals surface area contributed by atoms with Crippen LogP contribution in [0.25, 0.3) is 0 Å². The maximum absolute atomic E-state index is 12.5. The van der Waals surface area contributed by atoms with Crippen molar-refractivity contribution in [3.05, 3.63) is 23.3 Å². The van der Waals surface area contributed by atoms with Crippen LogP contribution in [-0.4, -0.2) is 51.5 Å². The predicted molar refractivity (Wildman–Crippen MR) is 74.9 cm³/mol. The molecular formula is C16H17NO5. The summed E-state index contributed by atoms with van der Waals surface area (Å²) in [5.74, 6) is 0.0918. The van der Waals surface area contributed by atoms with E-state index in [1.165, 1.54) is 0 Å². The standard InChI is InChI=1S/C16H17NO5/c18-8-2-1-7-5-10-16(21)11(20)6-9(19)14-15(16,3-4-17-10)12(7)13(8)22-14/h1-2,10-11,14,17-18,20-21H,3-6H2/t10-,11+,14?,15?,16+/m1/s1. The van der Waals surface area contributed by atoms with Crippen molar-refractivity contribution < 1.29 is 24.9 Å². The van der Waals surface area contributed by atoms with Gasteiger partial charge in [0.2, 0.25) is 0 Å². The number of rotatable bonds is 0. The molecule has 0 aromatic heterocycles. The molecule has 4 aliphatic rings. The average Bonchev–Trinajstić information content (AvgIpc) is 2.81. The first-order chi connectivity index (χ1) is 10.5. The molecule has 2 fully saturated rings. The molecule has 1 aromatic carbocycles. The van der Waals surface area contributed by atoms with E-state index in [1.807, 2.05) is 6.07 Å². The van der Waals surface area contributed by atoms with Crippen molar-refractivity contribution >= 4 is 5.78 Å². The Hall–Kier alpha value is -1.63. The summed E-state index contributed by atoms with van der Waals surface area (Å²) in [6.07, 6.45) is -1.03. The predicted octanol–water partition coefficient (Wildman–Crippen LogP) is -0.626. The van der Waals surface area contributed by atoms with Crippen molar-refractivity contribution in [2.75, 3.05) is 6.54 Å². The Kier molecular flexibility index (Phi) is 2.13. The molecule has 6 heteroatoms. The van der Waals surface area contributed by atoms with Gasteiger partial charge in [0, 0.05) is 18.0 Å². The molecule has 1 saturated heterocycles. The highest BCUT2D eigenvalue weighted by molar-refractivity contribution is 5.90. The lowest BCUT2D eigenvalue weighted by molar-refractivity contribution is -0.206. The molecule has 1 spiro atoms. The summed E-state index contributed by atoms with van der Waals surface area (Å²) in [5, 5.41) is 35.4. The van der Waals surface area contributed by atoms with Gasteiger partial charge in [0.05, 0.1) is 11.5 Å². The Morgan fingerprint density at radius 3 is 2.95 bits per heavy atom. The topological polar surface area (TPSA) is 99.0 Å². The molecule has 116 valence electrons. The Morgan fingerprint density at radius 2 is 2.14 bits per heavy atom. The number of piperidine rings is 1. The first-order valence-electron chi connectivity index (χ1n) is 7.68. The zero-order chi connectivity index (χ0) is 15.3. The second-order valence-corrected chi connectivity index (χ2v) is 6.89. The molecule has 22 heavy (non-hydrogen) atoms. The number of hydrogen-bond acceptors (Lipinski definition) is 6. The van der Waals surface area contributed by atoms with Gasteiger partial charge in [-0.3, -0.25) is 4.79 Å². The lowest BCUT2D eigenvalue weighted by Gasteiger charge is -2.61. The summed E-state index contributed by atoms with van der Waals surface area (Å²) in [7, 11) is 0. The Bertz CT molecular complexity index is 719. The summed E-state index contributed by atoms with van der Waals surface area (Å²) < 4.78 is 5.84. The molecule has 4 N–H and O–H groups in total. The maximum Gasteiger partial charge on any atom is 0.177 e. The fourth-order valence-corrected chi connectivity index (χ4v) is 5.29. The maximum atomic E-state index is 12.5. The van der Waals surface area contributed by atoms with E-state index in [0.29, 0.717) is 25.1 Å². The number of aromatic hydroxyl groups is 1. The highest BCUT2D eigenvalue weighted by Crippen LogP contribution is 2.63. The molecule has 0 radical (unpaired) electrons. The van der Waals surface area contributed by atoms with Crippen LogP contribution in [0.3, 0.4) is 0 Å². The SMILES string of the molecule is O=C1C[C@H](O)[C@@]2(O)[C@H]3Cc4ccc(O)c5c4C2(CCN3)C1O5. The van der Waals surface area contributed by atoms with Gasteiger partial charge >= 0.3 is 0 Å². The van der Waals surface area contributed by atoms with Crippen molar-refractivity contribution in [3.63, 3.8) is 0 Å². The van der Waals surface area contributed by atoms with Gasteiger partial charge in [-0.15, -0.1) is 0 Å². The van der Waals surface area contributed by atoms with E-state index in [1.54, 1.807) is 6.07 Å². The molecule has 2 aliphatic carbocycles. The Labute approximate surface area is 126 Å². The summed E-state index contributed by atoms with van der Waals surface area (Å²) >= 11 is 0. The van der Waals surface area contributed by atoms with Crippen molar-refractivity contribution in [2.45, 2.75) is 48.5 Å². The molecule has 2 aliphatic heterocycles. The van der Waals surface area contributed by atoms with Crippen molar-refractivity contribution in [2.24, 2.45) is 0 Å². The molecule has 1 saturated carbocycles. The van der Waals surface area contributed by atoms with Gasteiger partial charge in [0.25, 0.3) is 0 Å². The van der Waals surface area contributed by atoms with E-state index in [0.717, 1.165) is 11.1 Å².